The number of rotatable bonds is 54. The van der Waals surface area contributed by atoms with E-state index in [4.69, 9.17) is 9.47 Å². The second-order valence-corrected chi connectivity index (χ2v) is 22.1. The van der Waals surface area contributed by atoms with Crippen molar-refractivity contribution in [3.63, 3.8) is 0 Å². The molecule has 74 heavy (non-hydrogen) atoms. The van der Waals surface area contributed by atoms with Crippen molar-refractivity contribution in [3.05, 3.63) is 36.5 Å². The quantitative estimate of drug-likeness (QED) is 0.0215. The van der Waals surface area contributed by atoms with E-state index in [2.05, 4.69) is 55.6 Å². The number of hydrogen-bond acceptors (Lipinski definition) is 10. The van der Waals surface area contributed by atoms with Gasteiger partial charge in [0.15, 0.2) is 6.29 Å². The van der Waals surface area contributed by atoms with Crippen molar-refractivity contribution in [3.8, 4) is 0 Å². The molecule has 0 aromatic carbocycles. The number of allylic oxidation sites excluding steroid dienone is 6. The summed E-state index contributed by atoms with van der Waals surface area (Å²) in [6.07, 6.45) is 53.7. The van der Waals surface area contributed by atoms with Crippen molar-refractivity contribution >= 4 is 5.91 Å². The number of unbranched alkanes of at least 4 members (excludes halogenated alkanes) is 36. The molecular formula is C63H119NO10. The number of amides is 1. The second-order valence-electron chi connectivity index (χ2n) is 22.1. The summed E-state index contributed by atoms with van der Waals surface area (Å²) < 4.78 is 11.1. The van der Waals surface area contributed by atoms with Gasteiger partial charge in [-0.3, -0.25) is 4.79 Å². The van der Waals surface area contributed by atoms with Crippen LogP contribution in [0.15, 0.2) is 36.5 Å². The van der Waals surface area contributed by atoms with Crippen LogP contribution in [0.4, 0.5) is 0 Å². The molecule has 9 unspecified atom stereocenters. The minimum Gasteiger partial charge on any atom is -0.394 e. The van der Waals surface area contributed by atoms with Crippen molar-refractivity contribution in [2.45, 2.75) is 345 Å². The largest absolute Gasteiger partial charge is 0.394 e. The predicted molar refractivity (Wildman–Crippen MR) is 307 cm³/mol. The van der Waals surface area contributed by atoms with Crippen molar-refractivity contribution in [1.82, 2.24) is 5.32 Å². The summed E-state index contributed by atoms with van der Waals surface area (Å²) in [5.41, 5.74) is 0. The van der Waals surface area contributed by atoms with Gasteiger partial charge in [-0.15, -0.1) is 0 Å². The number of ether oxygens (including phenoxy) is 2. The Kier molecular flexibility index (Phi) is 49.5. The zero-order valence-corrected chi connectivity index (χ0v) is 47.8. The summed E-state index contributed by atoms with van der Waals surface area (Å²) in [6.45, 7) is 3.45. The van der Waals surface area contributed by atoms with Crippen molar-refractivity contribution in [2.24, 2.45) is 0 Å². The molecule has 0 saturated carbocycles. The SMILES string of the molecule is CCCCCCCC/C=C\CCCCCCCCC(O)C(=O)NC(COC1OC(CO)C(O)C(O)C1O)C(O)C(O)CCC/C=C/CC/C=C/CCCCCCCCCCCCCCCCCCCCCCCC. The third-order valence-corrected chi connectivity index (χ3v) is 15.1. The summed E-state index contributed by atoms with van der Waals surface area (Å²) in [5, 5.41) is 76.1. The number of aliphatic hydroxyl groups excluding tert-OH is 7. The zero-order chi connectivity index (χ0) is 54.0. The minimum absolute atomic E-state index is 0.244. The fourth-order valence-electron chi connectivity index (χ4n) is 10.0. The molecule has 0 aromatic heterocycles. The third kappa shape index (κ3) is 39.7. The molecule has 1 aliphatic heterocycles. The average Bonchev–Trinajstić information content (AvgIpc) is 3.40. The molecule has 1 heterocycles. The van der Waals surface area contributed by atoms with Gasteiger partial charge in [0.05, 0.1) is 25.4 Å². The molecule has 436 valence electrons. The topological polar surface area (TPSA) is 189 Å². The Morgan fingerprint density at radius 2 is 0.811 bits per heavy atom. The lowest BCUT2D eigenvalue weighted by Gasteiger charge is -2.40. The van der Waals surface area contributed by atoms with Gasteiger partial charge in [0.25, 0.3) is 0 Å². The molecule has 11 heteroatoms. The summed E-state index contributed by atoms with van der Waals surface area (Å²) in [4.78, 5) is 13.2. The number of aliphatic hydroxyl groups is 7. The van der Waals surface area contributed by atoms with E-state index >= 15 is 0 Å². The normalized spacial score (nSPS) is 20.0. The van der Waals surface area contributed by atoms with Crippen LogP contribution in [-0.2, 0) is 14.3 Å². The molecule has 8 N–H and O–H groups in total. The first-order valence-electron chi connectivity index (χ1n) is 31.4. The fourth-order valence-corrected chi connectivity index (χ4v) is 10.0. The molecule has 0 aromatic rings. The molecule has 0 bridgehead atoms. The second kappa shape index (κ2) is 52.1. The maximum Gasteiger partial charge on any atom is 0.249 e. The van der Waals surface area contributed by atoms with Gasteiger partial charge in [-0.2, -0.15) is 0 Å². The Morgan fingerprint density at radius 1 is 0.459 bits per heavy atom. The van der Waals surface area contributed by atoms with E-state index in [9.17, 15) is 40.5 Å². The predicted octanol–water partition coefficient (Wildman–Crippen LogP) is 13.9. The zero-order valence-electron chi connectivity index (χ0n) is 47.8. The molecule has 0 aliphatic carbocycles. The van der Waals surface area contributed by atoms with Crippen LogP contribution in [0.5, 0.6) is 0 Å². The Labute approximate surface area is 454 Å². The van der Waals surface area contributed by atoms with Crippen molar-refractivity contribution in [2.75, 3.05) is 13.2 Å². The van der Waals surface area contributed by atoms with E-state index in [1.54, 1.807) is 0 Å². The highest BCUT2D eigenvalue weighted by Crippen LogP contribution is 2.23. The third-order valence-electron chi connectivity index (χ3n) is 15.1. The first-order valence-corrected chi connectivity index (χ1v) is 31.4. The number of carbonyl (C=O) groups is 1. The van der Waals surface area contributed by atoms with E-state index in [1.165, 1.54) is 186 Å². The number of hydrogen-bond donors (Lipinski definition) is 8. The fraction of sp³-hybridized carbons (Fsp3) is 0.889. The van der Waals surface area contributed by atoms with E-state index < -0.39 is 74.2 Å². The maximum absolute atomic E-state index is 13.2. The number of nitrogens with one attached hydrogen (secondary N) is 1. The van der Waals surface area contributed by atoms with Gasteiger partial charge in [0, 0.05) is 0 Å². The molecule has 1 fully saturated rings. The Balaban J connectivity index is 2.26. The van der Waals surface area contributed by atoms with Gasteiger partial charge < -0.3 is 50.5 Å². The maximum atomic E-state index is 13.2. The highest BCUT2D eigenvalue weighted by atomic mass is 16.7. The molecule has 1 rings (SSSR count). The summed E-state index contributed by atoms with van der Waals surface area (Å²) >= 11 is 0. The summed E-state index contributed by atoms with van der Waals surface area (Å²) in [7, 11) is 0. The first kappa shape index (κ1) is 70.3. The van der Waals surface area contributed by atoms with Gasteiger partial charge in [0.2, 0.25) is 5.91 Å². The molecule has 1 amide bonds. The van der Waals surface area contributed by atoms with Crippen LogP contribution in [0, 0.1) is 0 Å². The van der Waals surface area contributed by atoms with Crippen molar-refractivity contribution in [1.29, 1.82) is 0 Å². The van der Waals surface area contributed by atoms with E-state index in [1.807, 2.05) is 0 Å². The molecule has 9 atom stereocenters. The molecule has 1 saturated heterocycles. The highest BCUT2D eigenvalue weighted by molar-refractivity contribution is 5.80. The molecule has 0 radical (unpaired) electrons. The van der Waals surface area contributed by atoms with E-state index in [-0.39, 0.29) is 12.8 Å². The molecule has 11 nitrogen and oxygen atoms in total. The molecule has 1 aliphatic rings. The Hall–Kier alpha value is -1.67. The standard InChI is InChI=1S/C63H119NO10/c1-3-5-7-9-11-13-15-17-19-21-22-23-24-25-26-27-28-29-30-31-32-33-34-35-37-38-40-42-44-46-48-50-55(66)58(68)54(53-73-63-61(71)60(70)59(69)57(52-65)74-63)64-62(72)56(67)51-49-47-45-43-41-39-36-20-18-16-14-12-10-8-6-4-2/h18,20,35,37,42,44,54-61,63,65-71H,3-17,19,21-34,36,38-41,43,45-53H2,1-2H3,(H,64,72)/b20-18-,37-35+,44-42+. The van der Waals surface area contributed by atoms with Gasteiger partial charge in [-0.05, 0) is 77.0 Å². The summed E-state index contributed by atoms with van der Waals surface area (Å²) in [6, 6.07) is -1.19. The van der Waals surface area contributed by atoms with E-state index in [0.717, 1.165) is 57.8 Å². The van der Waals surface area contributed by atoms with Crippen LogP contribution in [0.2, 0.25) is 0 Å². The smallest absolute Gasteiger partial charge is 0.249 e. The van der Waals surface area contributed by atoms with Crippen LogP contribution in [0.1, 0.15) is 290 Å². The lowest BCUT2D eigenvalue weighted by atomic mass is 9.98. The van der Waals surface area contributed by atoms with Crippen LogP contribution in [-0.4, -0.2) is 110 Å². The molecular weight excluding hydrogens is 931 g/mol. The Morgan fingerprint density at radius 3 is 1.20 bits per heavy atom. The van der Waals surface area contributed by atoms with Gasteiger partial charge in [-0.25, -0.2) is 0 Å². The average molecular weight is 1050 g/mol. The molecule has 0 spiro atoms. The lowest BCUT2D eigenvalue weighted by molar-refractivity contribution is -0.303. The first-order chi connectivity index (χ1) is 36.2. The number of carbonyl (C=O) groups excluding carboxylic acids is 1. The summed E-state index contributed by atoms with van der Waals surface area (Å²) in [5.74, 6) is -0.713. The monoisotopic (exact) mass is 1050 g/mol. The van der Waals surface area contributed by atoms with Crippen molar-refractivity contribution < 1.29 is 50.0 Å². The Bertz CT molecular complexity index is 1300. The highest BCUT2D eigenvalue weighted by Gasteiger charge is 2.44. The van der Waals surface area contributed by atoms with Crippen LogP contribution >= 0.6 is 0 Å². The van der Waals surface area contributed by atoms with Gasteiger partial charge in [-0.1, -0.05) is 249 Å². The van der Waals surface area contributed by atoms with E-state index in [0.29, 0.717) is 19.3 Å². The van der Waals surface area contributed by atoms with Gasteiger partial charge >= 0.3 is 0 Å². The van der Waals surface area contributed by atoms with Gasteiger partial charge in [0.1, 0.15) is 36.6 Å². The van der Waals surface area contributed by atoms with Crippen LogP contribution < -0.4 is 5.32 Å². The van der Waals surface area contributed by atoms with Crippen LogP contribution in [0.3, 0.4) is 0 Å². The lowest BCUT2D eigenvalue weighted by Crippen LogP contribution is -2.60. The minimum atomic E-state index is -1.67. The van der Waals surface area contributed by atoms with Crippen LogP contribution in [0.25, 0.3) is 0 Å².